The summed E-state index contributed by atoms with van der Waals surface area (Å²) in [6, 6.07) is 9.21. The lowest BCUT2D eigenvalue weighted by Gasteiger charge is -2.59. The van der Waals surface area contributed by atoms with E-state index in [1.165, 1.54) is 24.0 Å². The van der Waals surface area contributed by atoms with Gasteiger partial charge in [-0.05, 0) is 61.7 Å². The highest BCUT2D eigenvalue weighted by Crippen LogP contribution is 2.56. The van der Waals surface area contributed by atoms with Crippen molar-refractivity contribution in [2.75, 3.05) is 33.2 Å². The van der Waals surface area contributed by atoms with Crippen LogP contribution in [0.3, 0.4) is 0 Å². The minimum Gasteiger partial charge on any atom is -0.340 e. The molecule has 3 nitrogen and oxygen atoms in total. The van der Waals surface area contributed by atoms with Gasteiger partial charge < -0.3 is 4.90 Å². The van der Waals surface area contributed by atoms with E-state index < -0.39 is 0 Å². The van der Waals surface area contributed by atoms with Gasteiger partial charge in [-0.15, -0.1) is 0 Å². The molecule has 1 heterocycles. The van der Waals surface area contributed by atoms with Gasteiger partial charge >= 0.3 is 0 Å². The minimum atomic E-state index is 0.312. The molecule has 3 heteroatoms. The van der Waals surface area contributed by atoms with E-state index in [0.717, 1.165) is 26.1 Å². The number of likely N-dealkylation sites (N-methyl/N-ethyl adjacent to an activating group) is 1. The van der Waals surface area contributed by atoms with Crippen LogP contribution in [0.15, 0.2) is 24.3 Å². The smallest absolute Gasteiger partial charge is 0.236 e. The van der Waals surface area contributed by atoms with Gasteiger partial charge in [-0.1, -0.05) is 52.0 Å². The monoisotopic (exact) mass is 356 g/mol. The van der Waals surface area contributed by atoms with Crippen molar-refractivity contribution in [3.8, 4) is 0 Å². The van der Waals surface area contributed by atoms with Crippen LogP contribution >= 0.6 is 0 Å². The SMILES string of the molecule is CC(C)CCN(C)CC(=O)N1CC2(CC(c3ccc(C(C)C)cc3)C2)C1. The Morgan fingerprint density at radius 3 is 2.31 bits per heavy atom. The number of likely N-dealkylation sites (tertiary alicyclic amines) is 1. The first-order valence-corrected chi connectivity index (χ1v) is 10.3. The van der Waals surface area contributed by atoms with Crippen molar-refractivity contribution in [3.05, 3.63) is 35.4 Å². The molecule has 0 N–H and O–H groups in total. The van der Waals surface area contributed by atoms with Gasteiger partial charge in [-0.25, -0.2) is 0 Å². The van der Waals surface area contributed by atoms with Crippen LogP contribution in [0.4, 0.5) is 0 Å². The van der Waals surface area contributed by atoms with Crippen LogP contribution in [0, 0.1) is 11.3 Å². The van der Waals surface area contributed by atoms with E-state index >= 15 is 0 Å². The summed E-state index contributed by atoms with van der Waals surface area (Å²) >= 11 is 0. The first-order valence-electron chi connectivity index (χ1n) is 10.3. The molecule has 1 spiro atoms. The zero-order valence-electron chi connectivity index (χ0n) is 17.3. The van der Waals surface area contributed by atoms with Gasteiger partial charge in [-0.3, -0.25) is 9.69 Å². The number of rotatable bonds is 7. The normalized spacial score (nSPS) is 19.3. The molecule has 3 rings (SSSR count). The van der Waals surface area contributed by atoms with Gasteiger partial charge in [0, 0.05) is 18.5 Å². The number of benzene rings is 1. The molecule has 1 aliphatic carbocycles. The Morgan fingerprint density at radius 1 is 1.15 bits per heavy atom. The molecule has 1 aromatic carbocycles. The number of nitrogens with zero attached hydrogens (tertiary/aromatic N) is 2. The molecular weight excluding hydrogens is 320 g/mol. The highest BCUT2D eigenvalue weighted by molar-refractivity contribution is 5.79. The van der Waals surface area contributed by atoms with Crippen molar-refractivity contribution in [2.45, 2.75) is 58.8 Å². The Hall–Kier alpha value is -1.35. The molecule has 1 saturated heterocycles. The first-order chi connectivity index (χ1) is 12.3. The van der Waals surface area contributed by atoms with Crippen molar-refractivity contribution in [1.82, 2.24) is 9.80 Å². The summed E-state index contributed by atoms with van der Waals surface area (Å²) in [6.07, 6.45) is 3.66. The second kappa shape index (κ2) is 7.72. The van der Waals surface area contributed by atoms with Gasteiger partial charge in [0.25, 0.3) is 0 Å². The highest BCUT2D eigenvalue weighted by Gasteiger charge is 2.53. The number of carbonyl (C=O) groups is 1. The van der Waals surface area contributed by atoms with Gasteiger partial charge in [0.1, 0.15) is 0 Å². The maximum atomic E-state index is 12.4. The molecule has 0 unspecified atom stereocenters. The number of hydrogen-bond donors (Lipinski definition) is 0. The molecule has 0 bridgehead atoms. The van der Waals surface area contributed by atoms with Crippen LogP contribution in [0.2, 0.25) is 0 Å². The van der Waals surface area contributed by atoms with Crippen molar-refractivity contribution < 1.29 is 4.79 Å². The fourth-order valence-electron chi connectivity index (χ4n) is 4.46. The molecule has 0 aromatic heterocycles. The summed E-state index contributed by atoms with van der Waals surface area (Å²) in [4.78, 5) is 16.7. The van der Waals surface area contributed by atoms with Crippen LogP contribution in [0.25, 0.3) is 0 Å². The molecule has 2 fully saturated rings. The first kappa shape index (κ1) is 19.4. The van der Waals surface area contributed by atoms with Crippen molar-refractivity contribution in [1.29, 1.82) is 0 Å². The zero-order chi connectivity index (χ0) is 18.9. The van der Waals surface area contributed by atoms with Crippen LogP contribution < -0.4 is 0 Å². The molecular formula is C23H36N2O. The Labute approximate surface area is 159 Å². The maximum absolute atomic E-state index is 12.4. The number of amides is 1. The summed E-state index contributed by atoms with van der Waals surface area (Å²) < 4.78 is 0. The van der Waals surface area contributed by atoms with Crippen molar-refractivity contribution in [2.24, 2.45) is 11.3 Å². The minimum absolute atomic E-state index is 0.312. The topological polar surface area (TPSA) is 23.6 Å². The lowest BCUT2D eigenvalue weighted by molar-refractivity contribution is -0.152. The molecule has 1 amide bonds. The largest absolute Gasteiger partial charge is 0.340 e. The molecule has 2 aliphatic rings. The summed E-state index contributed by atoms with van der Waals surface area (Å²) in [5, 5.41) is 0. The lowest BCUT2D eigenvalue weighted by Crippen LogP contribution is -2.64. The van der Waals surface area contributed by atoms with E-state index in [9.17, 15) is 4.79 Å². The fraction of sp³-hybridized carbons (Fsp3) is 0.696. The lowest BCUT2D eigenvalue weighted by atomic mass is 9.56. The van der Waals surface area contributed by atoms with E-state index in [1.807, 2.05) is 0 Å². The van der Waals surface area contributed by atoms with E-state index in [1.54, 1.807) is 0 Å². The Balaban J connectivity index is 1.41. The fourth-order valence-corrected chi connectivity index (χ4v) is 4.46. The van der Waals surface area contributed by atoms with Crippen LogP contribution in [0.1, 0.15) is 69.9 Å². The Morgan fingerprint density at radius 2 is 1.77 bits per heavy atom. The van der Waals surface area contributed by atoms with E-state index in [0.29, 0.717) is 35.6 Å². The second-order valence-corrected chi connectivity index (χ2v) is 9.60. The van der Waals surface area contributed by atoms with Crippen LogP contribution in [0.5, 0.6) is 0 Å². The van der Waals surface area contributed by atoms with E-state index in [-0.39, 0.29) is 0 Å². The standard InChI is InChI=1S/C23H36N2O/c1-17(2)10-11-24(5)14-22(26)25-15-23(16-25)12-21(13-23)20-8-6-19(7-9-20)18(3)4/h6-9,17-18,21H,10-16H2,1-5H3. The van der Waals surface area contributed by atoms with Crippen molar-refractivity contribution in [3.63, 3.8) is 0 Å². The quantitative estimate of drug-likeness (QED) is 0.718. The molecule has 0 atom stereocenters. The predicted molar refractivity (Wildman–Crippen MR) is 108 cm³/mol. The molecule has 1 aromatic rings. The Kier molecular flexibility index (Phi) is 5.76. The predicted octanol–water partition coefficient (Wildman–Crippen LogP) is 4.49. The molecule has 1 saturated carbocycles. The van der Waals surface area contributed by atoms with Crippen LogP contribution in [-0.4, -0.2) is 48.9 Å². The van der Waals surface area contributed by atoms with E-state index in [2.05, 4.69) is 68.8 Å². The summed E-state index contributed by atoms with van der Waals surface area (Å²) in [5.41, 5.74) is 3.33. The van der Waals surface area contributed by atoms with Gasteiger partial charge in [0.05, 0.1) is 6.54 Å². The van der Waals surface area contributed by atoms with Gasteiger partial charge in [-0.2, -0.15) is 0 Å². The summed E-state index contributed by atoms with van der Waals surface area (Å²) in [6.45, 7) is 12.5. The third-order valence-corrected chi connectivity index (χ3v) is 6.33. The number of hydrogen-bond acceptors (Lipinski definition) is 2. The molecule has 0 radical (unpaired) electrons. The van der Waals surface area contributed by atoms with Gasteiger partial charge in [0.15, 0.2) is 0 Å². The summed E-state index contributed by atoms with van der Waals surface area (Å²) in [7, 11) is 2.07. The average molecular weight is 357 g/mol. The third-order valence-electron chi connectivity index (χ3n) is 6.33. The maximum Gasteiger partial charge on any atom is 0.236 e. The van der Waals surface area contributed by atoms with Crippen molar-refractivity contribution >= 4 is 5.91 Å². The van der Waals surface area contributed by atoms with Gasteiger partial charge in [0.2, 0.25) is 5.91 Å². The highest BCUT2D eigenvalue weighted by atomic mass is 16.2. The number of carbonyl (C=O) groups excluding carboxylic acids is 1. The zero-order valence-corrected chi connectivity index (χ0v) is 17.3. The Bertz CT molecular complexity index is 606. The molecule has 144 valence electrons. The second-order valence-electron chi connectivity index (χ2n) is 9.60. The summed E-state index contributed by atoms with van der Waals surface area (Å²) in [5.74, 6) is 2.30. The average Bonchev–Trinajstić information content (AvgIpc) is 2.50. The molecule has 26 heavy (non-hydrogen) atoms. The van der Waals surface area contributed by atoms with Crippen LogP contribution in [-0.2, 0) is 4.79 Å². The van der Waals surface area contributed by atoms with E-state index in [4.69, 9.17) is 0 Å². The third kappa shape index (κ3) is 4.31. The molecule has 1 aliphatic heterocycles.